The molecule has 0 heterocycles. The fourth-order valence-corrected chi connectivity index (χ4v) is 3.25. The molecule has 0 aliphatic heterocycles. The normalized spacial score (nSPS) is 12.5. The van der Waals surface area contributed by atoms with Gasteiger partial charge in [0.15, 0.2) is 0 Å². The Labute approximate surface area is 140 Å². The minimum atomic E-state index is 0.112. The molecule has 0 aliphatic rings. The minimum absolute atomic E-state index is 0.112. The number of rotatable bonds is 3. The Balaban J connectivity index is 2.20. The van der Waals surface area contributed by atoms with Crippen LogP contribution >= 0.6 is 62.3 Å². The lowest BCUT2D eigenvalue weighted by Crippen LogP contribution is -1.95. The topological polar surface area (TPSA) is 0 Å². The molecule has 0 saturated carbocycles. The SMILES string of the molecule is Clc1cc(Cl)cc(C(Br)Cc2ccc(Cl)c(Cl)c2)c1. The second-order valence-corrected chi connectivity index (χ2v) is 6.92. The molecule has 0 aromatic heterocycles. The molecule has 1 unspecified atom stereocenters. The highest BCUT2D eigenvalue weighted by Crippen LogP contribution is 2.32. The highest BCUT2D eigenvalue weighted by atomic mass is 79.9. The summed E-state index contributed by atoms with van der Waals surface area (Å²) in [6.07, 6.45) is 0.771. The van der Waals surface area contributed by atoms with E-state index in [1.54, 1.807) is 12.1 Å². The first-order chi connectivity index (χ1) is 8.95. The van der Waals surface area contributed by atoms with Crippen LogP contribution in [0.15, 0.2) is 36.4 Å². The fraction of sp³-hybridized carbons (Fsp3) is 0.143. The molecule has 0 radical (unpaired) electrons. The average Bonchev–Trinajstić information content (AvgIpc) is 2.32. The number of benzene rings is 2. The van der Waals surface area contributed by atoms with Crippen molar-refractivity contribution in [3.8, 4) is 0 Å². The standard InChI is InChI=1S/C14H9BrCl4/c15-12(9-5-10(16)7-11(17)6-9)3-8-1-2-13(18)14(19)4-8/h1-2,4-7,12H,3H2. The van der Waals surface area contributed by atoms with Gasteiger partial charge in [-0.25, -0.2) is 0 Å². The second kappa shape index (κ2) is 6.69. The molecule has 5 heteroatoms. The van der Waals surface area contributed by atoms with Gasteiger partial charge in [-0.2, -0.15) is 0 Å². The van der Waals surface area contributed by atoms with Gasteiger partial charge in [0, 0.05) is 14.9 Å². The van der Waals surface area contributed by atoms with Gasteiger partial charge in [-0.3, -0.25) is 0 Å². The van der Waals surface area contributed by atoms with Crippen molar-refractivity contribution < 1.29 is 0 Å². The number of halogens is 5. The number of hydrogen-bond donors (Lipinski definition) is 0. The van der Waals surface area contributed by atoms with Crippen LogP contribution in [-0.4, -0.2) is 0 Å². The summed E-state index contributed by atoms with van der Waals surface area (Å²) in [7, 11) is 0. The maximum Gasteiger partial charge on any atom is 0.0595 e. The van der Waals surface area contributed by atoms with E-state index in [2.05, 4.69) is 15.9 Å². The predicted octanol–water partition coefficient (Wildman–Crippen LogP) is 6.98. The Bertz CT molecular complexity index is 578. The molecule has 0 N–H and O–H groups in total. The van der Waals surface area contributed by atoms with Crippen LogP contribution in [0.4, 0.5) is 0 Å². The van der Waals surface area contributed by atoms with Gasteiger partial charge < -0.3 is 0 Å². The van der Waals surface area contributed by atoms with Gasteiger partial charge in [0.05, 0.1) is 10.0 Å². The quantitative estimate of drug-likeness (QED) is 0.489. The summed E-state index contributed by atoms with van der Waals surface area (Å²) in [4.78, 5) is 0.112. The van der Waals surface area contributed by atoms with Gasteiger partial charge in [-0.05, 0) is 47.9 Å². The lowest BCUT2D eigenvalue weighted by molar-refractivity contribution is 0.949. The zero-order valence-corrected chi connectivity index (χ0v) is 14.2. The van der Waals surface area contributed by atoms with E-state index >= 15 is 0 Å². The highest BCUT2D eigenvalue weighted by Gasteiger charge is 2.11. The van der Waals surface area contributed by atoms with Crippen molar-refractivity contribution in [3.05, 3.63) is 67.6 Å². The van der Waals surface area contributed by atoms with Gasteiger partial charge in [0.1, 0.15) is 0 Å². The summed E-state index contributed by atoms with van der Waals surface area (Å²) in [6.45, 7) is 0. The first-order valence-electron chi connectivity index (χ1n) is 5.49. The molecule has 2 aromatic carbocycles. The molecule has 0 aliphatic carbocycles. The van der Waals surface area contributed by atoms with Crippen molar-refractivity contribution in [1.29, 1.82) is 0 Å². The van der Waals surface area contributed by atoms with E-state index in [0.29, 0.717) is 20.1 Å². The summed E-state index contributed by atoms with van der Waals surface area (Å²) in [5, 5.41) is 2.37. The van der Waals surface area contributed by atoms with Crippen LogP contribution in [0.2, 0.25) is 20.1 Å². The van der Waals surface area contributed by atoms with E-state index in [9.17, 15) is 0 Å². The molecule has 0 amide bonds. The van der Waals surface area contributed by atoms with E-state index in [0.717, 1.165) is 17.5 Å². The van der Waals surface area contributed by atoms with E-state index in [4.69, 9.17) is 46.4 Å². The summed E-state index contributed by atoms with van der Waals surface area (Å²) in [6, 6.07) is 11.1. The molecule has 0 saturated heterocycles. The Kier molecular flexibility index (Phi) is 5.45. The van der Waals surface area contributed by atoms with Crippen molar-refractivity contribution in [2.75, 3.05) is 0 Å². The Morgan fingerprint density at radius 3 is 2.05 bits per heavy atom. The number of alkyl halides is 1. The Morgan fingerprint density at radius 2 is 1.47 bits per heavy atom. The van der Waals surface area contributed by atoms with Crippen molar-refractivity contribution in [2.24, 2.45) is 0 Å². The first-order valence-corrected chi connectivity index (χ1v) is 7.92. The third kappa shape index (κ3) is 4.27. The van der Waals surface area contributed by atoms with Crippen LogP contribution in [-0.2, 0) is 6.42 Å². The molecular formula is C14H9BrCl4. The maximum absolute atomic E-state index is 6.00. The van der Waals surface area contributed by atoms with Crippen molar-refractivity contribution in [1.82, 2.24) is 0 Å². The van der Waals surface area contributed by atoms with E-state index in [1.807, 2.05) is 24.3 Å². The molecule has 0 fully saturated rings. The highest BCUT2D eigenvalue weighted by molar-refractivity contribution is 9.09. The van der Waals surface area contributed by atoms with Crippen molar-refractivity contribution in [2.45, 2.75) is 11.2 Å². The van der Waals surface area contributed by atoms with E-state index in [1.165, 1.54) is 0 Å². The molecular weight excluding hydrogens is 390 g/mol. The third-order valence-electron chi connectivity index (χ3n) is 2.65. The molecule has 100 valence electrons. The van der Waals surface area contributed by atoms with Crippen molar-refractivity contribution >= 4 is 62.3 Å². The first kappa shape index (κ1) is 15.5. The molecule has 19 heavy (non-hydrogen) atoms. The summed E-state index contributed by atoms with van der Waals surface area (Å²) in [5.41, 5.74) is 2.12. The van der Waals surface area contributed by atoms with Crippen molar-refractivity contribution in [3.63, 3.8) is 0 Å². The van der Waals surface area contributed by atoms with Crippen LogP contribution in [0.3, 0.4) is 0 Å². The van der Waals surface area contributed by atoms with Gasteiger partial charge in [0.2, 0.25) is 0 Å². The van der Waals surface area contributed by atoms with Crippen LogP contribution in [0.1, 0.15) is 16.0 Å². The van der Waals surface area contributed by atoms with Gasteiger partial charge in [-0.1, -0.05) is 68.4 Å². The largest absolute Gasteiger partial charge is 0.0843 e. The smallest absolute Gasteiger partial charge is 0.0595 e. The Morgan fingerprint density at radius 1 is 0.842 bits per heavy atom. The molecule has 2 aromatic rings. The minimum Gasteiger partial charge on any atom is -0.0843 e. The van der Waals surface area contributed by atoms with E-state index in [-0.39, 0.29) is 4.83 Å². The summed E-state index contributed by atoms with van der Waals surface area (Å²) in [5.74, 6) is 0. The van der Waals surface area contributed by atoms with Crippen LogP contribution in [0.5, 0.6) is 0 Å². The lowest BCUT2D eigenvalue weighted by Gasteiger charge is -2.12. The molecule has 0 nitrogen and oxygen atoms in total. The third-order valence-corrected chi connectivity index (χ3v) is 4.67. The van der Waals surface area contributed by atoms with Crippen LogP contribution in [0, 0.1) is 0 Å². The molecule has 0 spiro atoms. The monoisotopic (exact) mass is 396 g/mol. The summed E-state index contributed by atoms with van der Waals surface area (Å²) < 4.78 is 0. The molecule has 0 bridgehead atoms. The predicted molar refractivity (Wildman–Crippen MR) is 88.3 cm³/mol. The maximum atomic E-state index is 6.00. The van der Waals surface area contributed by atoms with Gasteiger partial charge in [0.25, 0.3) is 0 Å². The number of hydrogen-bond acceptors (Lipinski definition) is 0. The summed E-state index contributed by atoms with van der Waals surface area (Å²) >= 11 is 27.5. The van der Waals surface area contributed by atoms with Gasteiger partial charge >= 0.3 is 0 Å². The molecule has 2 rings (SSSR count). The van der Waals surface area contributed by atoms with Crippen LogP contribution in [0.25, 0.3) is 0 Å². The zero-order chi connectivity index (χ0) is 14.0. The van der Waals surface area contributed by atoms with E-state index < -0.39 is 0 Å². The second-order valence-electron chi connectivity index (χ2n) is 4.12. The van der Waals surface area contributed by atoms with Crippen LogP contribution < -0.4 is 0 Å². The zero-order valence-electron chi connectivity index (χ0n) is 9.64. The van der Waals surface area contributed by atoms with Gasteiger partial charge in [-0.15, -0.1) is 0 Å². The lowest BCUT2D eigenvalue weighted by atomic mass is 10.0. The molecule has 1 atom stereocenters. The Hall–Kier alpha value is 0.0800. The fourth-order valence-electron chi connectivity index (χ4n) is 1.75. The average molecular weight is 399 g/mol.